The van der Waals surface area contributed by atoms with Crippen LogP contribution in [-0.4, -0.2) is 72.8 Å². The molecular formula is C22H29N5NaO4S. The van der Waals surface area contributed by atoms with Gasteiger partial charge in [0.25, 0.3) is 0 Å². The number of carbonyl (C=O) groups is 1. The maximum atomic E-state index is 13.4. The van der Waals surface area contributed by atoms with Gasteiger partial charge in [-0.3, -0.25) is 0 Å². The second-order valence-electron chi connectivity index (χ2n) is 8.83. The van der Waals surface area contributed by atoms with Gasteiger partial charge in [-0.25, -0.2) is 18.8 Å². The zero-order valence-corrected chi connectivity index (χ0v) is 22.1. The molecule has 11 heteroatoms. The first kappa shape index (κ1) is 24.5. The molecule has 33 heavy (non-hydrogen) atoms. The van der Waals surface area contributed by atoms with Crippen LogP contribution >= 0.6 is 0 Å². The van der Waals surface area contributed by atoms with E-state index in [1.165, 1.54) is 15.4 Å². The Morgan fingerprint density at radius 1 is 1.12 bits per heavy atom. The molecule has 2 amide bonds. The third kappa shape index (κ3) is 4.95. The molecule has 0 atom stereocenters. The summed E-state index contributed by atoms with van der Waals surface area (Å²) in [5.41, 5.74) is 5.69. The molecular weight excluding hydrogens is 453 g/mol. The van der Waals surface area contributed by atoms with Crippen molar-refractivity contribution in [2.45, 2.75) is 57.4 Å². The maximum absolute atomic E-state index is 13.4. The van der Waals surface area contributed by atoms with Crippen LogP contribution in [0.2, 0.25) is 0 Å². The van der Waals surface area contributed by atoms with Crippen LogP contribution in [0.15, 0.2) is 18.6 Å². The molecule has 0 bridgehead atoms. The number of anilines is 2. The maximum Gasteiger partial charge on any atom is 0.334 e. The number of amides is 2. The standard InChI is InChI=1S/C22H29N5O4S.Na/c1-26-13-20(23-14-26)27(17-8-10-31-11-9-17)32(29,30)25-22(28)24-21-18-6-2-4-15(18)12-16-5-3-7-19(16)21;/h12-14,17H,2-11H2,1H3,(H2,24,25,28);. The number of ether oxygens (including phenoxy) is 1. The summed E-state index contributed by atoms with van der Waals surface area (Å²) in [6.45, 7) is 0.940. The minimum Gasteiger partial charge on any atom is -0.381 e. The Hall–Kier alpha value is -1.59. The second kappa shape index (κ2) is 9.95. The Kier molecular flexibility index (Phi) is 7.40. The average molecular weight is 483 g/mol. The monoisotopic (exact) mass is 482 g/mol. The van der Waals surface area contributed by atoms with E-state index in [4.69, 9.17) is 4.74 Å². The Morgan fingerprint density at radius 2 is 1.76 bits per heavy atom. The van der Waals surface area contributed by atoms with Crippen molar-refractivity contribution >= 4 is 57.3 Å². The van der Waals surface area contributed by atoms with E-state index in [0.29, 0.717) is 31.9 Å². The van der Waals surface area contributed by atoms with Gasteiger partial charge < -0.3 is 14.6 Å². The summed E-state index contributed by atoms with van der Waals surface area (Å²) in [6, 6.07) is 1.22. The predicted octanol–water partition coefficient (Wildman–Crippen LogP) is 2.07. The molecule has 1 aliphatic heterocycles. The smallest absolute Gasteiger partial charge is 0.334 e. The SMILES string of the molecule is Cn1cnc(N(C2CCOCC2)S(=O)(=O)NC(=O)Nc2c3c(cc4c2CCC4)CCC3)c1.[Na]. The molecule has 173 valence electrons. The van der Waals surface area contributed by atoms with Crippen molar-refractivity contribution in [3.8, 4) is 0 Å². The van der Waals surface area contributed by atoms with Crippen LogP contribution in [0.4, 0.5) is 16.3 Å². The quantitative estimate of drug-likeness (QED) is 0.635. The van der Waals surface area contributed by atoms with E-state index in [0.717, 1.165) is 55.3 Å². The first-order valence-electron chi connectivity index (χ1n) is 11.3. The number of fused-ring (bicyclic) bond motifs is 2. The van der Waals surface area contributed by atoms with Gasteiger partial charge in [-0.1, -0.05) is 6.07 Å². The van der Waals surface area contributed by atoms with Crippen LogP contribution in [0.5, 0.6) is 0 Å². The van der Waals surface area contributed by atoms with Crippen molar-refractivity contribution in [1.82, 2.24) is 14.3 Å². The van der Waals surface area contributed by atoms with Crippen LogP contribution in [-0.2, 0) is 47.7 Å². The summed E-state index contributed by atoms with van der Waals surface area (Å²) in [5, 5.41) is 2.91. The molecule has 1 aromatic heterocycles. The largest absolute Gasteiger partial charge is 0.381 e. The van der Waals surface area contributed by atoms with Crippen molar-refractivity contribution in [3.05, 3.63) is 40.8 Å². The zero-order valence-electron chi connectivity index (χ0n) is 19.3. The molecule has 1 aromatic carbocycles. The molecule has 9 nitrogen and oxygen atoms in total. The van der Waals surface area contributed by atoms with E-state index in [1.54, 1.807) is 24.1 Å². The van der Waals surface area contributed by atoms with Gasteiger partial charge in [0.15, 0.2) is 5.82 Å². The van der Waals surface area contributed by atoms with Gasteiger partial charge in [-0.15, -0.1) is 0 Å². The van der Waals surface area contributed by atoms with Gasteiger partial charge in [0, 0.05) is 61.7 Å². The van der Waals surface area contributed by atoms with Crippen LogP contribution in [0, 0.1) is 0 Å². The van der Waals surface area contributed by atoms with Crippen molar-refractivity contribution in [1.29, 1.82) is 0 Å². The van der Waals surface area contributed by atoms with Gasteiger partial charge in [0.1, 0.15) is 0 Å². The molecule has 2 heterocycles. The van der Waals surface area contributed by atoms with Gasteiger partial charge in [0.05, 0.1) is 12.4 Å². The number of nitrogens with zero attached hydrogens (tertiary/aromatic N) is 3. The van der Waals surface area contributed by atoms with Gasteiger partial charge in [0.2, 0.25) is 0 Å². The molecule has 2 aromatic rings. The van der Waals surface area contributed by atoms with Crippen LogP contribution in [0.25, 0.3) is 0 Å². The summed E-state index contributed by atoms with van der Waals surface area (Å²) >= 11 is 0. The topological polar surface area (TPSA) is 106 Å². The molecule has 5 rings (SSSR count). The molecule has 0 saturated carbocycles. The summed E-state index contributed by atoms with van der Waals surface area (Å²) in [4.78, 5) is 17.2. The number of nitrogens with one attached hydrogen (secondary N) is 2. The van der Waals surface area contributed by atoms with E-state index in [-0.39, 0.29) is 35.6 Å². The second-order valence-corrected chi connectivity index (χ2v) is 10.4. The van der Waals surface area contributed by atoms with E-state index < -0.39 is 16.2 Å². The number of benzene rings is 1. The summed E-state index contributed by atoms with van der Waals surface area (Å²) in [7, 11) is -2.39. The van der Waals surface area contributed by atoms with Gasteiger partial charge >= 0.3 is 16.2 Å². The number of aromatic nitrogens is 2. The molecule has 1 radical (unpaired) electrons. The fraction of sp³-hybridized carbons (Fsp3) is 0.545. The number of hydrogen-bond acceptors (Lipinski definition) is 5. The first-order chi connectivity index (χ1) is 15.4. The van der Waals surface area contributed by atoms with E-state index >= 15 is 0 Å². The molecule has 1 saturated heterocycles. The number of imidazole rings is 1. The van der Waals surface area contributed by atoms with Crippen molar-refractivity contribution in [3.63, 3.8) is 0 Å². The van der Waals surface area contributed by atoms with Gasteiger partial charge in [-0.05, 0) is 73.6 Å². The fourth-order valence-corrected chi connectivity index (χ4v) is 6.54. The Balaban J connectivity index is 0.00000259. The van der Waals surface area contributed by atoms with E-state index in [9.17, 15) is 13.2 Å². The summed E-state index contributed by atoms with van der Waals surface area (Å²) < 4.78 is 37.3. The Bertz CT molecular complexity index is 1110. The Morgan fingerprint density at radius 3 is 2.33 bits per heavy atom. The number of rotatable bonds is 5. The number of hydrogen-bond donors (Lipinski definition) is 2. The molecule has 0 spiro atoms. The molecule has 1 fully saturated rings. The predicted molar refractivity (Wildman–Crippen MR) is 127 cm³/mol. The molecule has 3 aliphatic rings. The summed E-state index contributed by atoms with van der Waals surface area (Å²) in [6.07, 6.45) is 10.2. The third-order valence-corrected chi connectivity index (χ3v) is 8.08. The molecule has 2 N–H and O–H groups in total. The minimum atomic E-state index is -4.17. The average Bonchev–Trinajstić information content (AvgIpc) is 3.49. The van der Waals surface area contributed by atoms with Crippen LogP contribution < -0.4 is 14.3 Å². The minimum absolute atomic E-state index is 0. The van der Waals surface area contributed by atoms with Crippen molar-refractivity contribution < 1.29 is 17.9 Å². The number of urea groups is 1. The molecule has 0 unspecified atom stereocenters. The summed E-state index contributed by atoms with van der Waals surface area (Å²) in [5.74, 6) is 0.293. The van der Waals surface area contributed by atoms with Crippen molar-refractivity contribution in [2.75, 3.05) is 22.8 Å². The van der Waals surface area contributed by atoms with E-state index in [1.807, 2.05) is 0 Å². The third-order valence-electron chi connectivity index (χ3n) is 6.63. The zero-order chi connectivity index (χ0) is 22.3. The fourth-order valence-electron chi connectivity index (χ4n) is 5.21. The number of carbonyl (C=O) groups excluding carboxylic acids is 1. The van der Waals surface area contributed by atoms with Crippen LogP contribution in [0.3, 0.4) is 0 Å². The number of aryl methyl sites for hydroxylation is 3. The first-order valence-corrected chi connectivity index (χ1v) is 12.7. The molecule has 2 aliphatic carbocycles. The normalized spacial score (nSPS) is 17.7. The van der Waals surface area contributed by atoms with Crippen molar-refractivity contribution in [2.24, 2.45) is 7.05 Å². The van der Waals surface area contributed by atoms with E-state index in [2.05, 4.69) is 21.1 Å². The Labute approximate surface area is 216 Å². The van der Waals surface area contributed by atoms with Gasteiger partial charge in [-0.2, -0.15) is 8.42 Å². The van der Waals surface area contributed by atoms with Crippen LogP contribution in [0.1, 0.15) is 47.9 Å².